The molecule has 2 N–H and O–H groups in total. The average Bonchev–Trinajstić information content (AvgIpc) is 2.93. The van der Waals surface area contributed by atoms with Crippen LogP contribution in [0.5, 0.6) is 0 Å². The highest BCUT2D eigenvalue weighted by atomic mass is 16.3. The number of aliphatic hydroxyl groups is 2. The van der Waals surface area contributed by atoms with Crippen LogP contribution in [0.15, 0.2) is 0 Å². The molecule has 0 radical (unpaired) electrons. The molecule has 1 saturated carbocycles. The first-order valence-corrected chi connectivity index (χ1v) is 18.0. The molecule has 2 heteroatoms. The van der Waals surface area contributed by atoms with Crippen molar-refractivity contribution in [2.45, 2.75) is 194 Å². The highest BCUT2D eigenvalue weighted by molar-refractivity contribution is 4.88. The van der Waals surface area contributed by atoms with Gasteiger partial charge in [0.15, 0.2) is 0 Å². The predicted molar refractivity (Wildman–Crippen MR) is 169 cm³/mol. The molecule has 0 bridgehead atoms. The Labute approximate surface area is 240 Å². The Morgan fingerprint density at radius 2 is 0.658 bits per heavy atom. The van der Waals surface area contributed by atoms with E-state index in [4.69, 9.17) is 10.2 Å². The maximum absolute atomic E-state index is 9.10. The van der Waals surface area contributed by atoms with Crippen LogP contribution < -0.4 is 0 Å². The number of unbranched alkanes of at least 4 members (excludes halogenated alkanes) is 18. The van der Waals surface area contributed by atoms with E-state index in [2.05, 4.69) is 13.8 Å². The van der Waals surface area contributed by atoms with Crippen molar-refractivity contribution in [3.8, 4) is 0 Å². The minimum atomic E-state index is 0.365. The summed E-state index contributed by atoms with van der Waals surface area (Å²) in [6.45, 7) is 5.41. The minimum Gasteiger partial charge on any atom is -0.396 e. The van der Waals surface area contributed by atoms with Crippen molar-refractivity contribution < 1.29 is 10.2 Å². The molecule has 1 rings (SSSR count). The molecule has 1 aliphatic carbocycles. The topological polar surface area (TPSA) is 40.5 Å². The van der Waals surface area contributed by atoms with Gasteiger partial charge in [-0.2, -0.15) is 0 Å². The van der Waals surface area contributed by atoms with Crippen LogP contribution in [0.1, 0.15) is 194 Å². The van der Waals surface area contributed by atoms with E-state index in [1.165, 1.54) is 167 Å². The molecule has 0 aromatic carbocycles. The molecule has 4 atom stereocenters. The maximum Gasteiger partial charge on any atom is 0.0431 e. The molecular weight excluding hydrogens is 464 g/mol. The SMILES string of the molecule is CCCCCCCC1CCC(CCCCCCCO)C(CCCCCCCCCO)C1CCCCCCC. The van der Waals surface area contributed by atoms with Gasteiger partial charge in [0.2, 0.25) is 0 Å². The molecule has 1 aliphatic rings. The van der Waals surface area contributed by atoms with Gasteiger partial charge in [-0.1, -0.05) is 155 Å². The van der Waals surface area contributed by atoms with Crippen LogP contribution >= 0.6 is 0 Å². The largest absolute Gasteiger partial charge is 0.396 e. The lowest BCUT2D eigenvalue weighted by atomic mass is 9.61. The van der Waals surface area contributed by atoms with Crippen molar-refractivity contribution >= 4 is 0 Å². The van der Waals surface area contributed by atoms with Gasteiger partial charge in [0.1, 0.15) is 0 Å². The van der Waals surface area contributed by atoms with E-state index in [9.17, 15) is 0 Å². The third kappa shape index (κ3) is 18.3. The smallest absolute Gasteiger partial charge is 0.0431 e. The lowest BCUT2D eigenvalue weighted by molar-refractivity contribution is 0.0581. The van der Waals surface area contributed by atoms with E-state index >= 15 is 0 Å². The molecule has 0 aliphatic heterocycles. The maximum atomic E-state index is 9.10. The molecule has 0 spiro atoms. The minimum absolute atomic E-state index is 0.365. The van der Waals surface area contributed by atoms with Gasteiger partial charge in [-0.25, -0.2) is 0 Å². The normalized spacial score (nSPS) is 21.8. The highest BCUT2D eigenvalue weighted by Crippen LogP contribution is 2.47. The molecule has 4 unspecified atom stereocenters. The Balaban J connectivity index is 2.70. The lowest BCUT2D eigenvalue weighted by Gasteiger charge is -2.44. The van der Waals surface area contributed by atoms with Crippen molar-refractivity contribution in [2.24, 2.45) is 23.7 Å². The summed E-state index contributed by atoms with van der Waals surface area (Å²) in [6, 6.07) is 0. The summed E-state index contributed by atoms with van der Waals surface area (Å²) in [6.07, 6.45) is 38.8. The van der Waals surface area contributed by atoms with E-state index in [1.54, 1.807) is 0 Å². The lowest BCUT2D eigenvalue weighted by Crippen LogP contribution is -2.35. The highest BCUT2D eigenvalue weighted by Gasteiger charge is 2.37. The second-order valence-corrected chi connectivity index (χ2v) is 13.1. The summed E-state index contributed by atoms with van der Waals surface area (Å²) in [5, 5.41) is 18.1. The molecule has 228 valence electrons. The summed E-state index contributed by atoms with van der Waals surface area (Å²) in [5.74, 6) is 3.98. The van der Waals surface area contributed by atoms with Crippen molar-refractivity contribution in [3.05, 3.63) is 0 Å². The van der Waals surface area contributed by atoms with Gasteiger partial charge in [-0.3, -0.25) is 0 Å². The Kier molecular flexibility index (Phi) is 25.6. The van der Waals surface area contributed by atoms with E-state index in [1.807, 2.05) is 0 Å². The zero-order chi connectivity index (χ0) is 27.5. The molecule has 0 aromatic heterocycles. The third-order valence-electron chi connectivity index (χ3n) is 9.92. The second-order valence-electron chi connectivity index (χ2n) is 13.1. The Morgan fingerprint density at radius 3 is 1.00 bits per heavy atom. The van der Waals surface area contributed by atoms with Gasteiger partial charge in [0.05, 0.1) is 0 Å². The summed E-state index contributed by atoms with van der Waals surface area (Å²) in [5.41, 5.74) is 0. The van der Waals surface area contributed by atoms with Crippen molar-refractivity contribution in [1.82, 2.24) is 0 Å². The predicted octanol–water partition coefficient (Wildman–Crippen LogP) is 11.4. The monoisotopic (exact) mass is 537 g/mol. The molecule has 0 heterocycles. The first-order chi connectivity index (χ1) is 18.8. The van der Waals surface area contributed by atoms with Crippen LogP contribution in [0.2, 0.25) is 0 Å². The average molecular weight is 537 g/mol. The van der Waals surface area contributed by atoms with Gasteiger partial charge in [0.25, 0.3) is 0 Å². The van der Waals surface area contributed by atoms with E-state index in [0.29, 0.717) is 13.2 Å². The van der Waals surface area contributed by atoms with E-state index < -0.39 is 0 Å². The van der Waals surface area contributed by atoms with Gasteiger partial charge < -0.3 is 10.2 Å². The zero-order valence-corrected chi connectivity index (χ0v) is 26.4. The van der Waals surface area contributed by atoms with Gasteiger partial charge >= 0.3 is 0 Å². The molecule has 0 saturated heterocycles. The summed E-state index contributed by atoms with van der Waals surface area (Å²) in [4.78, 5) is 0. The van der Waals surface area contributed by atoms with Crippen LogP contribution in [0, 0.1) is 23.7 Å². The quantitative estimate of drug-likeness (QED) is 0.0976. The summed E-state index contributed by atoms with van der Waals surface area (Å²) >= 11 is 0. The van der Waals surface area contributed by atoms with Crippen molar-refractivity contribution in [2.75, 3.05) is 13.2 Å². The van der Waals surface area contributed by atoms with Gasteiger partial charge in [-0.05, 0) is 62.2 Å². The fourth-order valence-corrected chi connectivity index (χ4v) is 7.59. The van der Waals surface area contributed by atoms with Crippen LogP contribution in [-0.2, 0) is 0 Å². The van der Waals surface area contributed by atoms with Crippen LogP contribution in [-0.4, -0.2) is 23.4 Å². The van der Waals surface area contributed by atoms with Crippen molar-refractivity contribution in [3.63, 3.8) is 0 Å². The standard InChI is InChI=1S/C36H72O2/c1-3-5-7-13-19-25-33-29-30-34(26-20-15-12-18-24-32-38)36(35(33)27-21-14-8-6-4-2)28-22-16-10-9-11-17-23-31-37/h33-38H,3-32H2,1-2H3. The van der Waals surface area contributed by atoms with Crippen LogP contribution in [0.4, 0.5) is 0 Å². The molecule has 38 heavy (non-hydrogen) atoms. The summed E-state index contributed by atoms with van der Waals surface area (Å²) < 4.78 is 0. The van der Waals surface area contributed by atoms with E-state index in [0.717, 1.165) is 36.5 Å². The number of rotatable bonds is 28. The molecule has 2 nitrogen and oxygen atoms in total. The molecule has 0 aromatic rings. The first-order valence-electron chi connectivity index (χ1n) is 18.0. The van der Waals surface area contributed by atoms with Gasteiger partial charge in [0, 0.05) is 13.2 Å². The molecule has 0 amide bonds. The third-order valence-corrected chi connectivity index (χ3v) is 9.92. The Morgan fingerprint density at radius 1 is 0.368 bits per heavy atom. The molecular formula is C36H72O2. The fraction of sp³-hybridized carbons (Fsp3) is 1.00. The Hall–Kier alpha value is -0.0800. The molecule has 1 fully saturated rings. The van der Waals surface area contributed by atoms with Crippen LogP contribution in [0.25, 0.3) is 0 Å². The van der Waals surface area contributed by atoms with Gasteiger partial charge in [-0.15, -0.1) is 0 Å². The number of hydrogen-bond acceptors (Lipinski definition) is 2. The Bertz CT molecular complexity index is 464. The zero-order valence-electron chi connectivity index (χ0n) is 26.4. The van der Waals surface area contributed by atoms with Crippen molar-refractivity contribution in [1.29, 1.82) is 0 Å². The first kappa shape index (κ1) is 35.9. The van der Waals surface area contributed by atoms with E-state index in [-0.39, 0.29) is 0 Å². The summed E-state index contributed by atoms with van der Waals surface area (Å²) in [7, 11) is 0. The number of hydrogen-bond donors (Lipinski definition) is 2. The van der Waals surface area contributed by atoms with Crippen LogP contribution in [0.3, 0.4) is 0 Å². The number of aliphatic hydroxyl groups excluding tert-OH is 2. The fourth-order valence-electron chi connectivity index (χ4n) is 7.59. The second kappa shape index (κ2) is 27.1.